The van der Waals surface area contributed by atoms with Crippen molar-refractivity contribution in [1.29, 1.82) is 0 Å². The van der Waals surface area contributed by atoms with Crippen molar-refractivity contribution in [1.82, 2.24) is 0 Å². The first-order chi connectivity index (χ1) is 15.6. The molecule has 0 spiro atoms. The fraction of sp³-hybridized carbons (Fsp3) is 0.464. The zero-order valence-corrected chi connectivity index (χ0v) is 19.7. The molecule has 0 aliphatic carbocycles. The number of allylic oxidation sites excluding steroid dienone is 1. The summed E-state index contributed by atoms with van der Waals surface area (Å²) in [5.41, 5.74) is 0.529. The van der Waals surface area contributed by atoms with Gasteiger partial charge >= 0.3 is 5.97 Å². The van der Waals surface area contributed by atoms with Crippen LogP contribution in [0.3, 0.4) is 0 Å². The third-order valence-electron chi connectivity index (χ3n) is 5.42. The molecule has 2 aromatic carbocycles. The minimum Gasteiger partial charge on any atom is -0.494 e. The maximum Gasteiger partial charge on any atom is 0.338 e. The van der Waals surface area contributed by atoms with Gasteiger partial charge in [-0.2, -0.15) is 0 Å². The van der Waals surface area contributed by atoms with Crippen LogP contribution in [0.4, 0.5) is 0 Å². The second-order valence-electron chi connectivity index (χ2n) is 8.26. The molecule has 174 valence electrons. The SMILES string of the molecule is C=CCCCCCCCCOc1ccc(Oc2ccc(C(=O)OCC(C)CC)cc2)cc1. The molecule has 0 bridgehead atoms. The van der Waals surface area contributed by atoms with Gasteiger partial charge in [-0.05, 0) is 73.7 Å². The van der Waals surface area contributed by atoms with Crippen molar-refractivity contribution >= 4 is 5.97 Å². The Hall–Kier alpha value is -2.75. The van der Waals surface area contributed by atoms with Crippen LogP contribution in [0.1, 0.15) is 75.6 Å². The lowest BCUT2D eigenvalue weighted by atomic mass is 10.1. The predicted molar refractivity (Wildman–Crippen MR) is 131 cm³/mol. The maximum absolute atomic E-state index is 12.1. The van der Waals surface area contributed by atoms with E-state index < -0.39 is 0 Å². The molecule has 4 nitrogen and oxygen atoms in total. The zero-order valence-electron chi connectivity index (χ0n) is 19.7. The van der Waals surface area contributed by atoms with Crippen LogP contribution in [0, 0.1) is 5.92 Å². The van der Waals surface area contributed by atoms with Gasteiger partial charge in [0.15, 0.2) is 0 Å². The zero-order chi connectivity index (χ0) is 23.0. The van der Waals surface area contributed by atoms with E-state index >= 15 is 0 Å². The highest BCUT2D eigenvalue weighted by atomic mass is 16.5. The van der Waals surface area contributed by atoms with Gasteiger partial charge in [0, 0.05) is 0 Å². The van der Waals surface area contributed by atoms with Crippen LogP contribution < -0.4 is 9.47 Å². The van der Waals surface area contributed by atoms with Gasteiger partial charge in [-0.15, -0.1) is 6.58 Å². The minimum absolute atomic E-state index is 0.300. The van der Waals surface area contributed by atoms with E-state index in [4.69, 9.17) is 14.2 Å². The summed E-state index contributed by atoms with van der Waals surface area (Å²) >= 11 is 0. The van der Waals surface area contributed by atoms with E-state index in [1.54, 1.807) is 24.3 Å². The molecule has 0 aromatic heterocycles. The Morgan fingerprint density at radius 3 is 2.06 bits per heavy atom. The highest BCUT2D eigenvalue weighted by Gasteiger charge is 2.09. The summed E-state index contributed by atoms with van der Waals surface area (Å²) in [6, 6.07) is 14.6. The number of carbonyl (C=O) groups excluding carboxylic acids is 1. The van der Waals surface area contributed by atoms with E-state index in [1.165, 1.54) is 32.1 Å². The summed E-state index contributed by atoms with van der Waals surface area (Å²) in [4.78, 5) is 12.1. The van der Waals surface area contributed by atoms with Crippen LogP contribution in [-0.2, 0) is 4.74 Å². The van der Waals surface area contributed by atoms with Gasteiger partial charge in [-0.3, -0.25) is 0 Å². The van der Waals surface area contributed by atoms with Crippen LogP contribution in [0.25, 0.3) is 0 Å². The van der Waals surface area contributed by atoms with Crippen LogP contribution in [0.15, 0.2) is 61.2 Å². The van der Waals surface area contributed by atoms with Crippen molar-refractivity contribution in [3.8, 4) is 17.2 Å². The average Bonchev–Trinajstić information content (AvgIpc) is 2.82. The summed E-state index contributed by atoms with van der Waals surface area (Å²) in [7, 11) is 0. The molecule has 0 saturated heterocycles. The number of hydrogen-bond acceptors (Lipinski definition) is 4. The number of unbranched alkanes of at least 4 members (excludes halogenated alkanes) is 6. The van der Waals surface area contributed by atoms with Crippen molar-refractivity contribution in [3.63, 3.8) is 0 Å². The molecule has 0 heterocycles. The molecule has 2 aromatic rings. The largest absolute Gasteiger partial charge is 0.494 e. The minimum atomic E-state index is -0.300. The van der Waals surface area contributed by atoms with Crippen molar-refractivity contribution in [3.05, 3.63) is 66.7 Å². The highest BCUT2D eigenvalue weighted by molar-refractivity contribution is 5.89. The lowest BCUT2D eigenvalue weighted by Gasteiger charge is -2.10. The second-order valence-corrected chi connectivity index (χ2v) is 8.26. The molecular formula is C28H38O4. The second kappa shape index (κ2) is 15.1. The summed E-state index contributed by atoms with van der Waals surface area (Å²) in [5, 5.41) is 0. The number of rotatable bonds is 16. The van der Waals surface area contributed by atoms with Gasteiger partial charge in [0.1, 0.15) is 17.2 Å². The first-order valence-electron chi connectivity index (χ1n) is 11.9. The topological polar surface area (TPSA) is 44.8 Å². The first-order valence-corrected chi connectivity index (χ1v) is 11.9. The summed E-state index contributed by atoms with van der Waals surface area (Å²) < 4.78 is 17.0. The molecule has 1 unspecified atom stereocenters. The van der Waals surface area contributed by atoms with Crippen LogP contribution in [0.2, 0.25) is 0 Å². The quantitative estimate of drug-likeness (QED) is 0.151. The molecule has 0 aliphatic heterocycles. The van der Waals surface area contributed by atoms with Gasteiger partial charge in [-0.25, -0.2) is 4.79 Å². The van der Waals surface area contributed by atoms with Crippen LogP contribution >= 0.6 is 0 Å². The summed E-state index contributed by atoms with van der Waals surface area (Å²) in [5.74, 6) is 2.31. The van der Waals surface area contributed by atoms with Crippen molar-refractivity contribution in [2.24, 2.45) is 5.92 Å². The Bertz CT molecular complexity index is 780. The fourth-order valence-electron chi connectivity index (χ4n) is 3.11. The molecular weight excluding hydrogens is 400 g/mol. The molecule has 0 N–H and O–H groups in total. The molecule has 32 heavy (non-hydrogen) atoms. The van der Waals surface area contributed by atoms with Gasteiger partial charge in [-0.1, -0.05) is 52.0 Å². The highest BCUT2D eigenvalue weighted by Crippen LogP contribution is 2.24. The van der Waals surface area contributed by atoms with Crippen LogP contribution in [-0.4, -0.2) is 19.2 Å². The van der Waals surface area contributed by atoms with E-state index in [2.05, 4.69) is 20.4 Å². The Labute approximate surface area is 193 Å². The van der Waals surface area contributed by atoms with E-state index in [0.717, 1.165) is 37.4 Å². The number of carbonyl (C=O) groups is 1. The Kier molecular flexibility index (Phi) is 12.1. The summed E-state index contributed by atoms with van der Waals surface area (Å²) in [6.07, 6.45) is 11.5. The molecule has 0 fully saturated rings. The third kappa shape index (κ3) is 10.0. The van der Waals surface area contributed by atoms with Crippen molar-refractivity contribution in [2.75, 3.05) is 13.2 Å². The monoisotopic (exact) mass is 438 g/mol. The van der Waals surface area contributed by atoms with E-state index in [-0.39, 0.29) is 5.97 Å². The van der Waals surface area contributed by atoms with Crippen molar-refractivity contribution < 1.29 is 19.0 Å². The molecule has 0 radical (unpaired) electrons. The van der Waals surface area contributed by atoms with Crippen LogP contribution in [0.5, 0.6) is 17.2 Å². The Morgan fingerprint density at radius 2 is 1.44 bits per heavy atom. The Balaban J connectivity index is 1.67. The van der Waals surface area contributed by atoms with E-state index in [1.807, 2.05) is 30.3 Å². The lowest BCUT2D eigenvalue weighted by molar-refractivity contribution is 0.0447. The normalized spacial score (nSPS) is 11.6. The van der Waals surface area contributed by atoms with E-state index in [9.17, 15) is 4.79 Å². The van der Waals surface area contributed by atoms with Gasteiger partial charge in [0.2, 0.25) is 0 Å². The Morgan fingerprint density at radius 1 is 0.875 bits per heavy atom. The molecule has 1 atom stereocenters. The lowest BCUT2D eigenvalue weighted by Crippen LogP contribution is -2.11. The van der Waals surface area contributed by atoms with Gasteiger partial charge < -0.3 is 14.2 Å². The average molecular weight is 439 g/mol. The van der Waals surface area contributed by atoms with Gasteiger partial charge in [0.05, 0.1) is 18.8 Å². The molecule has 0 saturated carbocycles. The number of ether oxygens (including phenoxy) is 3. The first kappa shape index (κ1) is 25.5. The number of benzene rings is 2. The number of esters is 1. The van der Waals surface area contributed by atoms with E-state index in [0.29, 0.717) is 23.8 Å². The third-order valence-corrected chi connectivity index (χ3v) is 5.42. The standard InChI is InChI=1S/C28H38O4/c1-4-6-7-8-9-10-11-12-21-30-25-17-19-27(20-18-25)32-26-15-13-24(14-16-26)28(29)31-22-23(3)5-2/h4,13-20,23H,1,5-12,21-22H2,2-3H3. The molecule has 4 heteroatoms. The fourth-order valence-corrected chi connectivity index (χ4v) is 3.11. The maximum atomic E-state index is 12.1. The van der Waals surface area contributed by atoms with Gasteiger partial charge in [0.25, 0.3) is 0 Å². The molecule has 0 amide bonds. The van der Waals surface area contributed by atoms with Crippen molar-refractivity contribution in [2.45, 2.75) is 65.2 Å². The molecule has 0 aliphatic rings. The smallest absolute Gasteiger partial charge is 0.338 e. The molecule has 2 rings (SSSR count). The number of hydrogen-bond donors (Lipinski definition) is 0. The summed E-state index contributed by atoms with van der Waals surface area (Å²) in [6.45, 7) is 9.08. The predicted octanol–water partition coefficient (Wildman–Crippen LogP) is 7.98.